The summed E-state index contributed by atoms with van der Waals surface area (Å²) in [6.07, 6.45) is 1.43. The molecular formula is C26H32FN5O3. The van der Waals surface area contributed by atoms with Gasteiger partial charge < -0.3 is 19.5 Å². The molecule has 1 fully saturated rings. The van der Waals surface area contributed by atoms with Gasteiger partial charge in [-0.3, -0.25) is 9.69 Å². The number of piperazine rings is 1. The van der Waals surface area contributed by atoms with Crippen LogP contribution in [0.4, 0.5) is 4.39 Å². The Kier molecular flexibility index (Phi) is 8.44. The van der Waals surface area contributed by atoms with Crippen LogP contribution in [0.5, 0.6) is 5.75 Å². The molecule has 0 aliphatic carbocycles. The molecule has 1 amide bonds. The molecule has 0 unspecified atom stereocenters. The highest BCUT2D eigenvalue weighted by Crippen LogP contribution is 2.20. The van der Waals surface area contributed by atoms with Gasteiger partial charge in [0, 0.05) is 51.1 Å². The predicted molar refractivity (Wildman–Crippen MR) is 130 cm³/mol. The molecule has 9 heteroatoms. The van der Waals surface area contributed by atoms with Gasteiger partial charge in [0.1, 0.15) is 11.6 Å². The molecule has 8 nitrogen and oxygen atoms in total. The number of hydrogen-bond acceptors (Lipinski definition) is 7. The monoisotopic (exact) mass is 481 g/mol. The van der Waals surface area contributed by atoms with Gasteiger partial charge in [0.15, 0.2) is 0 Å². The summed E-state index contributed by atoms with van der Waals surface area (Å²) in [7, 11) is 3.77. The minimum atomic E-state index is -0.316. The number of nitrogens with zero attached hydrogens (tertiary/aromatic N) is 4. The van der Waals surface area contributed by atoms with Gasteiger partial charge in [0.2, 0.25) is 17.6 Å². The van der Waals surface area contributed by atoms with Gasteiger partial charge >= 0.3 is 0 Å². The van der Waals surface area contributed by atoms with Gasteiger partial charge in [0.05, 0.1) is 13.2 Å². The molecule has 3 aromatic rings. The summed E-state index contributed by atoms with van der Waals surface area (Å²) >= 11 is 0. The molecule has 0 saturated carbocycles. The zero-order chi connectivity index (χ0) is 24.6. The predicted octanol–water partition coefficient (Wildman–Crippen LogP) is 3.31. The van der Waals surface area contributed by atoms with Crippen LogP contribution in [0.15, 0.2) is 53.1 Å². The van der Waals surface area contributed by atoms with E-state index in [1.807, 2.05) is 24.3 Å². The second kappa shape index (κ2) is 11.9. The van der Waals surface area contributed by atoms with E-state index in [9.17, 15) is 9.18 Å². The molecule has 1 saturated heterocycles. The third kappa shape index (κ3) is 7.10. The molecular weight excluding hydrogens is 449 g/mol. The number of halogens is 1. The number of carbonyl (C=O) groups excluding carboxylic acids is 1. The van der Waals surface area contributed by atoms with Crippen molar-refractivity contribution in [3.8, 4) is 17.1 Å². The number of aryl methyl sites for hydroxylation is 1. The number of carbonyl (C=O) groups is 1. The van der Waals surface area contributed by atoms with Crippen LogP contribution in [0.1, 0.15) is 30.3 Å². The van der Waals surface area contributed by atoms with Crippen molar-refractivity contribution in [2.45, 2.75) is 25.3 Å². The summed E-state index contributed by atoms with van der Waals surface area (Å²) in [6, 6.07) is 13.7. The fraction of sp³-hybridized carbons (Fsp3) is 0.423. The first-order valence-corrected chi connectivity index (χ1v) is 11.9. The molecule has 1 atom stereocenters. The van der Waals surface area contributed by atoms with E-state index in [2.05, 4.69) is 32.3 Å². The fourth-order valence-electron chi connectivity index (χ4n) is 4.10. The van der Waals surface area contributed by atoms with Crippen molar-refractivity contribution in [3.05, 3.63) is 65.8 Å². The number of hydrogen-bond donors (Lipinski definition) is 1. The van der Waals surface area contributed by atoms with E-state index >= 15 is 0 Å². The van der Waals surface area contributed by atoms with E-state index in [0.29, 0.717) is 36.5 Å². The van der Waals surface area contributed by atoms with Crippen LogP contribution in [-0.4, -0.2) is 72.7 Å². The van der Waals surface area contributed by atoms with Crippen LogP contribution < -0.4 is 10.1 Å². The fourth-order valence-corrected chi connectivity index (χ4v) is 4.10. The molecule has 0 bridgehead atoms. The van der Waals surface area contributed by atoms with Crippen molar-refractivity contribution >= 4 is 5.91 Å². The quantitative estimate of drug-likeness (QED) is 0.476. The molecule has 1 aliphatic heterocycles. The third-order valence-corrected chi connectivity index (χ3v) is 6.26. The highest BCUT2D eigenvalue weighted by Gasteiger charge is 2.21. The molecule has 2 heterocycles. The second-order valence-electron chi connectivity index (χ2n) is 8.87. The molecule has 186 valence electrons. The second-order valence-corrected chi connectivity index (χ2v) is 8.87. The number of aromatic nitrogens is 2. The lowest BCUT2D eigenvalue weighted by Gasteiger charge is -2.35. The Balaban J connectivity index is 1.31. The first-order chi connectivity index (χ1) is 17.0. The van der Waals surface area contributed by atoms with Crippen LogP contribution in [0.3, 0.4) is 0 Å². The first-order valence-electron chi connectivity index (χ1n) is 11.9. The standard InChI is InChI=1S/C26H32FN5O3/c1-31-14-16-32(17-15-31)18-23(19-8-12-22(34-2)13-9-19)28-24(33)4-3-5-25-29-26(30-35-25)20-6-10-21(27)11-7-20/h6-13,23H,3-5,14-18H2,1-2H3,(H,28,33)/t23-/m1/s1. The number of methoxy groups -OCH3 is 1. The van der Waals surface area contributed by atoms with Gasteiger partial charge in [-0.25, -0.2) is 4.39 Å². The average Bonchev–Trinajstić information content (AvgIpc) is 3.34. The van der Waals surface area contributed by atoms with Crippen LogP contribution in [0, 0.1) is 5.82 Å². The maximum atomic E-state index is 13.1. The third-order valence-electron chi connectivity index (χ3n) is 6.26. The highest BCUT2D eigenvalue weighted by atomic mass is 19.1. The Morgan fingerprint density at radius 1 is 1.11 bits per heavy atom. The van der Waals surface area contributed by atoms with Crippen molar-refractivity contribution in [2.75, 3.05) is 46.9 Å². The van der Waals surface area contributed by atoms with Crippen LogP contribution >= 0.6 is 0 Å². The number of rotatable bonds is 10. The lowest BCUT2D eigenvalue weighted by atomic mass is 10.0. The average molecular weight is 482 g/mol. The SMILES string of the molecule is COc1ccc([C@@H](CN2CCN(C)CC2)NC(=O)CCCc2nc(-c3ccc(F)cc3)no2)cc1. The van der Waals surface area contributed by atoms with E-state index in [1.165, 1.54) is 12.1 Å². The largest absolute Gasteiger partial charge is 0.497 e. The minimum Gasteiger partial charge on any atom is -0.497 e. The van der Waals surface area contributed by atoms with Crippen molar-refractivity contribution in [1.29, 1.82) is 0 Å². The molecule has 1 aliphatic rings. The molecule has 1 aromatic heterocycles. The Bertz CT molecular complexity index is 1080. The number of benzene rings is 2. The molecule has 4 rings (SSSR count). The maximum Gasteiger partial charge on any atom is 0.226 e. The maximum absolute atomic E-state index is 13.1. The number of amides is 1. The van der Waals surface area contributed by atoms with Gasteiger partial charge in [-0.05, 0) is 55.4 Å². The summed E-state index contributed by atoms with van der Waals surface area (Å²) in [4.78, 5) is 21.9. The Labute approximate surface area is 205 Å². The summed E-state index contributed by atoms with van der Waals surface area (Å²) < 4.78 is 23.7. The molecule has 35 heavy (non-hydrogen) atoms. The lowest BCUT2D eigenvalue weighted by Crippen LogP contribution is -2.47. The molecule has 0 radical (unpaired) electrons. The topological polar surface area (TPSA) is 83.7 Å². The van der Waals surface area contributed by atoms with Crippen molar-refractivity contribution < 1.29 is 18.4 Å². The summed E-state index contributed by atoms with van der Waals surface area (Å²) in [5, 5.41) is 7.17. The van der Waals surface area contributed by atoms with Crippen LogP contribution in [0.2, 0.25) is 0 Å². The first kappa shape index (κ1) is 24.8. The van der Waals surface area contributed by atoms with Gasteiger partial charge in [-0.15, -0.1) is 0 Å². The lowest BCUT2D eigenvalue weighted by molar-refractivity contribution is -0.122. The van der Waals surface area contributed by atoms with Gasteiger partial charge in [-0.1, -0.05) is 17.3 Å². The van der Waals surface area contributed by atoms with Gasteiger partial charge in [-0.2, -0.15) is 4.98 Å². The van der Waals surface area contributed by atoms with Crippen molar-refractivity contribution in [1.82, 2.24) is 25.3 Å². The van der Waals surface area contributed by atoms with E-state index in [0.717, 1.165) is 44.0 Å². The van der Waals surface area contributed by atoms with Crippen molar-refractivity contribution in [3.63, 3.8) is 0 Å². The molecule has 2 aromatic carbocycles. The summed E-state index contributed by atoms with van der Waals surface area (Å²) in [5.41, 5.74) is 1.74. The van der Waals surface area contributed by atoms with E-state index in [-0.39, 0.29) is 17.8 Å². The Morgan fingerprint density at radius 3 is 2.51 bits per heavy atom. The van der Waals surface area contributed by atoms with E-state index in [4.69, 9.17) is 9.26 Å². The summed E-state index contributed by atoms with van der Waals surface area (Å²) in [5.74, 6) is 1.33. The van der Waals surface area contributed by atoms with Gasteiger partial charge in [0.25, 0.3) is 0 Å². The van der Waals surface area contributed by atoms with E-state index in [1.54, 1.807) is 19.2 Å². The normalized spacial score (nSPS) is 15.6. The smallest absolute Gasteiger partial charge is 0.226 e. The molecule has 1 N–H and O–H groups in total. The Hall–Kier alpha value is -3.30. The Morgan fingerprint density at radius 2 is 1.83 bits per heavy atom. The number of nitrogens with one attached hydrogen (secondary N) is 1. The highest BCUT2D eigenvalue weighted by molar-refractivity contribution is 5.76. The molecule has 0 spiro atoms. The number of ether oxygens (including phenoxy) is 1. The van der Waals surface area contributed by atoms with Crippen LogP contribution in [-0.2, 0) is 11.2 Å². The summed E-state index contributed by atoms with van der Waals surface area (Å²) in [6.45, 7) is 4.76. The zero-order valence-corrected chi connectivity index (χ0v) is 20.2. The van der Waals surface area contributed by atoms with Crippen LogP contribution in [0.25, 0.3) is 11.4 Å². The number of likely N-dealkylation sites (N-methyl/N-ethyl adjacent to an activating group) is 1. The minimum absolute atomic E-state index is 0.0155. The van der Waals surface area contributed by atoms with E-state index < -0.39 is 0 Å². The zero-order valence-electron chi connectivity index (χ0n) is 20.2. The van der Waals surface area contributed by atoms with Crippen molar-refractivity contribution in [2.24, 2.45) is 0 Å².